The van der Waals surface area contributed by atoms with Gasteiger partial charge < -0.3 is 10.4 Å². The van der Waals surface area contributed by atoms with Gasteiger partial charge in [-0.25, -0.2) is 8.42 Å². The summed E-state index contributed by atoms with van der Waals surface area (Å²) >= 11 is 0. The molecule has 0 unspecified atom stereocenters. The number of fused-ring (bicyclic) bond motifs is 1. The number of carbonyl (C=O) groups is 1. The van der Waals surface area contributed by atoms with E-state index in [0.717, 1.165) is 6.07 Å². The predicted molar refractivity (Wildman–Crippen MR) is 116 cm³/mol. The first-order chi connectivity index (χ1) is 16.1. The number of amides is 1. The van der Waals surface area contributed by atoms with Gasteiger partial charge in [0.15, 0.2) is 9.84 Å². The minimum atomic E-state index is -6.10. The molecular formula is C23H23F6NO4S. The molecule has 12 heteroatoms. The van der Waals surface area contributed by atoms with Crippen molar-refractivity contribution in [2.75, 3.05) is 11.1 Å². The molecule has 192 valence electrons. The number of anilines is 1. The van der Waals surface area contributed by atoms with Gasteiger partial charge in [0.25, 0.3) is 5.60 Å². The molecule has 0 spiro atoms. The van der Waals surface area contributed by atoms with E-state index in [2.05, 4.69) is 5.32 Å². The predicted octanol–water partition coefficient (Wildman–Crippen LogP) is 4.85. The Morgan fingerprint density at radius 3 is 1.94 bits per heavy atom. The van der Waals surface area contributed by atoms with Gasteiger partial charge in [-0.15, -0.1) is 0 Å². The fraction of sp³-hybridized carbons (Fsp3) is 0.435. The van der Waals surface area contributed by atoms with Crippen LogP contribution in [0.5, 0.6) is 0 Å². The Bertz CT molecular complexity index is 1190. The molecule has 0 radical (unpaired) electrons. The summed E-state index contributed by atoms with van der Waals surface area (Å²) in [7, 11) is -3.49. The summed E-state index contributed by atoms with van der Waals surface area (Å²) in [5.74, 6) is -1.07. The number of aryl methyl sites for hydroxylation is 2. The molecule has 0 atom stereocenters. The lowest BCUT2D eigenvalue weighted by Gasteiger charge is -2.35. The van der Waals surface area contributed by atoms with E-state index in [1.807, 2.05) is 0 Å². The quantitative estimate of drug-likeness (QED) is 0.531. The zero-order chi connectivity index (χ0) is 26.2. The Balaban J connectivity index is 1.99. The van der Waals surface area contributed by atoms with E-state index in [1.54, 1.807) is 0 Å². The highest BCUT2D eigenvalue weighted by Gasteiger charge is 2.72. The van der Waals surface area contributed by atoms with Gasteiger partial charge in [0, 0.05) is 11.3 Å². The van der Waals surface area contributed by atoms with Crippen molar-refractivity contribution in [1.29, 1.82) is 0 Å². The molecule has 2 aromatic carbocycles. The smallest absolute Gasteiger partial charge is 0.369 e. The summed E-state index contributed by atoms with van der Waals surface area (Å²) in [5.41, 5.74) is -6.42. The molecule has 0 heterocycles. The molecule has 0 saturated heterocycles. The van der Waals surface area contributed by atoms with E-state index in [0.29, 0.717) is 36.5 Å². The Labute approximate surface area is 198 Å². The topological polar surface area (TPSA) is 83.5 Å². The van der Waals surface area contributed by atoms with Gasteiger partial charge >= 0.3 is 12.4 Å². The third kappa shape index (κ3) is 5.32. The van der Waals surface area contributed by atoms with E-state index in [1.165, 1.54) is 31.2 Å². The van der Waals surface area contributed by atoms with Gasteiger partial charge in [0.05, 0.1) is 17.1 Å². The molecule has 1 amide bonds. The number of nitrogens with one attached hydrogen (secondary N) is 1. The second-order valence-corrected chi connectivity index (χ2v) is 10.6. The lowest BCUT2D eigenvalue weighted by Crippen LogP contribution is -2.54. The Morgan fingerprint density at radius 1 is 0.943 bits per heavy atom. The first-order valence-electron chi connectivity index (χ1n) is 10.7. The highest BCUT2D eigenvalue weighted by Crippen LogP contribution is 2.52. The monoisotopic (exact) mass is 523 g/mol. The van der Waals surface area contributed by atoms with Crippen molar-refractivity contribution in [3.63, 3.8) is 0 Å². The van der Waals surface area contributed by atoms with Crippen molar-refractivity contribution < 1.29 is 44.7 Å². The molecule has 1 aliphatic carbocycles. The normalized spacial score (nSPS) is 15.0. The largest absolute Gasteiger partial charge is 0.430 e. The van der Waals surface area contributed by atoms with Crippen molar-refractivity contribution >= 4 is 21.4 Å². The number of hydrogen-bond donors (Lipinski definition) is 2. The average Bonchev–Trinajstić information content (AvgIpc) is 2.77. The molecule has 0 saturated carbocycles. The number of halogens is 6. The summed E-state index contributed by atoms with van der Waals surface area (Å²) in [6, 6.07) is 6.92. The average molecular weight is 523 g/mol. The fourth-order valence-corrected chi connectivity index (χ4v) is 4.90. The van der Waals surface area contributed by atoms with Crippen LogP contribution in [0.4, 0.5) is 32.0 Å². The van der Waals surface area contributed by atoms with E-state index < -0.39 is 51.4 Å². The first kappa shape index (κ1) is 27.0. The summed E-state index contributed by atoms with van der Waals surface area (Å²) in [6.07, 6.45) is -10.8. The summed E-state index contributed by atoms with van der Waals surface area (Å²) in [4.78, 5) is 12.6. The van der Waals surface area contributed by atoms with Crippen LogP contribution in [-0.2, 0) is 39.5 Å². The Morgan fingerprint density at radius 2 is 1.46 bits per heavy atom. The standard InChI is InChI=1S/C23H23F6NO4S/c1-2-35(33,34)17-9-7-14(8-10-17)11-20(31)30-19-13-16-6-4-3-5-15(16)12-18(19)21(32,22(24,25)26)23(27,28)29/h7-10,12-13,32H,2-6,11H2,1H3,(H,30,31). The summed E-state index contributed by atoms with van der Waals surface area (Å²) in [5, 5.41) is 12.1. The number of alkyl halides is 6. The second kappa shape index (κ2) is 9.45. The van der Waals surface area contributed by atoms with Gasteiger partial charge in [-0.3, -0.25) is 4.79 Å². The first-order valence-corrected chi connectivity index (χ1v) is 12.4. The Hall–Kier alpha value is -2.60. The maximum atomic E-state index is 13.6. The lowest BCUT2D eigenvalue weighted by molar-refractivity contribution is -0.376. The third-order valence-corrected chi connectivity index (χ3v) is 7.74. The number of rotatable bonds is 6. The molecular weight excluding hydrogens is 500 g/mol. The molecule has 5 nitrogen and oxygen atoms in total. The maximum absolute atomic E-state index is 13.6. The molecule has 3 rings (SSSR count). The van der Waals surface area contributed by atoms with Gasteiger partial charge in [-0.2, -0.15) is 26.3 Å². The summed E-state index contributed by atoms with van der Waals surface area (Å²) < 4.78 is 105. The third-order valence-electron chi connectivity index (χ3n) is 5.99. The van der Waals surface area contributed by atoms with Crippen LogP contribution >= 0.6 is 0 Å². The molecule has 35 heavy (non-hydrogen) atoms. The molecule has 0 aliphatic heterocycles. The minimum Gasteiger partial charge on any atom is -0.369 e. The zero-order valence-corrected chi connectivity index (χ0v) is 19.4. The molecule has 2 aromatic rings. The van der Waals surface area contributed by atoms with Gasteiger partial charge in [-0.1, -0.05) is 19.1 Å². The van der Waals surface area contributed by atoms with Crippen LogP contribution < -0.4 is 5.32 Å². The van der Waals surface area contributed by atoms with Crippen molar-refractivity contribution in [3.8, 4) is 0 Å². The van der Waals surface area contributed by atoms with Crippen LogP contribution in [0.1, 0.15) is 42.0 Å². The van der Waals surface area contributed by atoms with Gasteiger partial charge in [0.2, 0.25) is 5.91 Å². The SMILES string of the molecule is CCS(=O)(=O)c1ccc(CC(=O)Nc2cc3c(cc2C(O)(C(F)(F)F)C(F)(F)F)CCCC3)cc1. The maximum Gasteiger partial charge on any atom is 0.430 e. The minimum absolute atomic E-state index is 0.0153. The van der Waals surface area contributed by atoms with Crippen LogP contribution in [-0.4, -0.2) is 37.5 Å². The van der Waals surface area contributed by atoms with Gasteiger partial charge in [0.1, 0.15) is 0 Å². The molecule has 1 aliphatic rings. The second-order valence-electron chi connectivity index (χ2n) is 8.35. The van der Waals surface area contributed by atoms with E-state index in [4.69, 9.17) is 0 Å². The van der Waals surface area contributed by atoms with E-state index in [9.17, 15) is 44.7 Å². The van der Waals surface area contributed by atoms with Crippen LogP contribution in [0.15, 0.2) is 41.3 Å². The highest BCUT2D eigenvalue weighted by molar-refractivity contribution is 7.91. The molecule has 0 fully saturated rings. The summed E-state index contributed by atoms with van der Waals surface area (Å²) in [6.45, 7) is 1.45. The number of benzene rings is 2. The zero-order valence-electron chi connectivity index (χ0n) is 18.6. The molecule has 0 bridgehead atoms. The van der Waals surface area contributed by atoms with Crippen molar-refractivity contribution in [2.24, 2.45) is 0 Å². The number of aliphatic hydroxyl groups is 1. The number of hydrogen-bond acceptors (Lipinski definition) is 4. The lowest BCUT2D eigenvalue weighted by atomic mass is 9.83. The van der Waals surface area contributed by atoms with Crippen molar-refractivity contribution in [2.45, 2.75) is 61.9 Å². The number of sulfone groups is 1. The Kier molecular flexibility index (Phi) is 7.29. The van der Waals surface area contributed by atoms with Crippen LogP contribution in [0.2, 0.25) is 0 Å². The number of carbonyl (C=O) groups excluding carboxylic acids is 1. The molecule has 2 N–H and O–H groups in total. The highest BCUT2D eigenvalue weighted by atomic mass is 32.2. The van der Waals surface area contributed by atoms with Crippen LogP contribution in [0, 0.1) is 0 Å². The van der Waals surface area contributed by atoms with Gasteiger partial charge in [-0.05, 0) is 66.6 Å². The van der Waals surface area contributed by atoms with E-state index >= 15 is 0 Å². The fourth-order valence-electron chi connectivity index (χ4n) is 4.02. The van der Waals surface area contributed by atoms with Crippen LogP contribution in [0.25, 0.3) is 0 Å². The van der Waals surface area contributed by atoms with E-state index in [-0.39, 0.29) is 22.6 Å². The molecule has 0 aromatic heterocycles. The van der Waals surface area contributed by atoms with Crippen molar-refractivity contribution in [3.05, 3.63) is 58.7 Å². The van der Waals surface area contributed by atoms with Crippen molar-refractivity contribution in [1.82, 2.24) is 0 Å². The van der Waals surface area contributed by atoms with Crippen LogP contribution in [0.3, 0.4) is 0 Å².